The predicted molar refractivity (Wildman–Crippen MR) is 169 cm³/mol. The Balaban J connectivity index is 3.68. The zero-order valence-electron chi connectivity index (χ0n) is 18.1. The third kappa shape index (κ3) is 8.40. The average Bonchev–Trinajstić information content (AvgIpc) is 2.71. The van der Waals surface area contributed by atoms with Crippen molar-refractivity contribution in [1.29, 1.82) is 0 Å². The molecule has 0 heterocycles. The molecular weight excluding hydrogens is 966 g/mol. The lowest BCUT2D eigenvalue weighted by atomic mass is 9.92. The highest BCUT2D eigenvalue weighted by Crippen LogP contribution is 2.38. The Labute approximate surface area is 260 Å². The van der Waals surface area contributed by atoms with Crippen molar-refractivity contribution >= 4 is 132 Å². The van der Waals surface area contributed by atoms with Crippen LogP contribution in [0.3, 0.4) is 0 Å². The lowest BCUT2D eigenvalue weighted by Crippen LogP contribution is -2.80. The number of benzene rings is 1. The van der Waals surface area contributed by atoms with Crippen LogP contribution in [0.4, 0.5) is 15.3 Å². The van der Waals surface area contributed by atoms with Crippen LogP contribution in [-0.2, 0) is 14.9 Å². The molecule has 0 aliphatic rings. The van der Waals surface area contributed by atoms with Gasteiger partial charge in [0.25, 0.3) is 0 Å². The largest absolute Gasteiger partial charge is 0.465 e. The first-order chi connectivity index (χ1) is 15.6. The van der Waals surface area contributed by atoms with Gasteiger partial charge in [0, 0.05) is 62.7 Å². The van der Waals surface area contributed by atoms with E-state index >= 15 is 0 Å². The average molecular weight is 990 g/mol. The van der Waals surface area contributed by atoms with Crippen molar-refractivity contribution in [2.75, 3.05) is 11.9 Å². The molecule has 1 aromatic carbocycles. The maximum absolute atomic E-state index is 13.3. The van der Waals surface area contributed by atoms with Crippen molar-refractivity contribution in [3.05, 3.63) is 29.8 Å². The molecule has 1 aromatic rings. The molecule has 3 unspecified atom stereocenters. The van der Waals surface area contributed by atoms with Crippen LogP contribution in [0.5, 0.6) is 0 Å². The fraction of sp³-hybridized carbons (Fsp3) is 0.474. The van der Waals surface area contributed by atoms with Crippen LogP contribution >= 0.6 is 106 Å². The molecule has 0 bridgehead atoms. The summed E-state index contributed by atoms with van der Waals surface area (Å²) in [6.07, 6.45) is -1.16. The van der Waals surface area contributed by atoms with Gasteiger partial charge in [-0.05, 0) is 38.0 Å². The normalized spacial score (nSPS) is 15.9. The fourth-order valence-corrected chi connectivity index (χ4v) is 7.46. The third-order valence-corrected chi connectivity index (χ3v) is 9.47. The van der Waals surface area contributed by atoms with E-state index in [0.717, 1.165) is 5.56 Å². The predicted octanol–water partition coefficient (Wildman–Crippen LogP) is 4.24. The van der Waals surface area contributed by atoms with Gasteiger partial charge in [0.2, 0.25) is 7.58 Å². The molecule has 0 aliphatic carbocycles. The number of anilines is 1. The number of hydrogen-bond donors (Lipinski definition) is 6. The highest BCUT2D eigenvalue weighted by molar-refractivity contribution is 14.1. The van der Waals surface area contributed by atoms with Gasteiger partial charge in [-0.15, -0.1) is 0 Å². The third-order valence-electron chi connectivity index (χ3n) is 4.79. The number of carbonyl (C=O) groups is 4. The molecule has 0 saturated heterocycles. The summed E-state index contributed by atoms with van der Waals surface area (Å²) in [5, 5.41) is 21.4. The first kappa shape index (κ1) is 32.3. The van der Waals surface area contributed by atoms with Gasteiger partial charge in [0.1, 0.15) is 0 Å². The number of alkyl halides is 3. The van der Waals surface area contributed by atoms with Crippen molar-refractivity contribution < 1.29 is 24.3 Å². The van der Waals surface area contributed by atoms with Crippen molar-refractivity contribution in [2.45, 2.75) is 44.3 Å². The molecule has 0 aliphatic heterocycles. The van der Waals surface area contributed by atoms with Crippen LogP contribution in [0.25, 0.3) is 0 Å². The Morgan fingerprint density at radius 1 is 1.12 bits per heavy atom. The lowest BCUT2D eigenvalue weighted by molar-refractivity contribution is -0.120. The number of halogens is 5. The quantitative estimate of drug-likeness (QED) is 0.0747. The number of urea groups is 1. The number of nitrogens with one attached hydrogen (secondary N) is 4. The van der Waals surface area contributed by atoms with E-state index in [9.17, 15) is 24.3 Å². The summed E-state index contributed by atoms with van der Waals surface area (Å²) in [6, 6.07) is 6.59. The van der Waals surface area contributed by atoms with Crippen LogP contribution in [-0.4, -0.2) is 50.0 Å². The van der Waals surface area contributed by atoms with Gasteiger partial charge in [0.05, 0.1) is 7.35 Å². The standard InChI is InChI=1S/C19H24BrI4N5O5/c1-17(2,24)19(14(23)31,28-16(33)34)29-18(13(22)30,12(21)7-8-26-15(25)32)27-11-5-3-10(9-20)4-6-11/h3-6,12,27-29H,7-9H2,1-2H3,(H,33,34)(H3,25,26,32). The summed E-state index contributed by atoms with van der Waals surface area (Å²) >= 11 is 10.6. The summed E-state index contributed by atoms with van der Waals surface area (Å²) in [5.41, 5.74) is 3.28. The molecular formula is C19H24BrI4N5O5. The summed E-state index contributed by atoms with van der Waals surface area (Å²) in [7, 11) is 0. The maximum Gasteiger partial charge on any atom is 0.406 e. The second-order valence-electron chi connectivity index (χ2n) is 7.64. The van der Waals surface area contributed by atoms with E-state index < -0.39 is 38.4 Å². The van der Waals surface area contributed by atoms with Gasteiger partial charge >= 0.3 is 12.1 Å². The Morgan fingerprint density at radius 3 is 2.06 bits per heavy atom. The smallest absolute Gasteiger partial charge is 0.406 e. The molecule has 0 spiro atoms. The molecule has 0 aromatic heterocycles. The Hall–Kier alpha value is 0.260. The number of amides is 3. The van der Waals surface area contributed by atoms with E-state index in [1.165, 1.54) is 22.6 Å². The number of rotatable bonds is 13. The summed E-state index contributed by atoms with van der Waals surface area (Å²) in [6.45, 7) is 3.51. The van der Waals surface area contributed by atoms with E-state index in [1.807, 2.05) is 57.3 Å². The number of primary amides is 1. The molecule has 34 heavy (non-hydrogen) atoms. The SMILES string of the molecule is CC(C)(I)C(NC(=O)O)(NC(Nc1ccc(CBr)cc1)(C(=O)I)C(I)CCNC(N)=O)C(=O)I. The van der Waals surface area contributed by atoms with Gasteiger partial charge in [0.15, 0.2) is 11.3 Å². The monoisotopic (exact) mass is 989 g/mol. The van der Waals surface area contributed by atoms with E-state index in [4.69, 9.17) is 5.73 Å². The minimum Gasteiger partial charge on any atom is -0.465 e. The first-order valence-corrected chi connectivity index (χ1v) is 15.2. The fourth-order valence-electron chi connectivity index (χ4n) is 2.97. The van der Waals surface area contributed by atoms with E-state index in [-0.39, 0.29) is 13.0 Å². The molecule has 15 heteroatoms. The van der Waals surface area contributed by atoms with Gasteiger partial charge in [-0.3, -0.25) is 20.2 Å². The second kappa shape index (κ2) is 13.7. The highest BCUT2D eigenvalue weighted by atomic mass is 127. The topological polar surface area (TPSA) is 163 Å². The Morgan fingerprint density at radius 2 is 1.68 bits per heavy atom. The summed E-state index contributed by atoms with van der Waals surface area (Å²) in [4.78, 5) is 49.2. The zero-order chi connectivity index (χ0) is 26.3. The van der Waals surface area contributed by atoms with Gasteiger partial charge in [-0.2, -0.15) is 0 Å². The van der Waals surface area contributed by atoms with Crippen LogP contribution in [0.1, 0.15) is 25.8 Å². The number of hydrogen-bond acceptors (Lipinski definition) is 6. The van der Waals surface area contributed by atoms with Crippen molar-refractivity contribution in [3.63, 3.8) is 0 Å². The van der Waals surface area contributed by atoms with E-state index in [2.05, 4.69) is 37.2 Å². The molecule has 3 amide bonds. The van der Waals surface area contributed by atoms with Crippen LogP contribution in [0, 0.1) is 0 Å². The highest BCUT2D eigenvalue weighted by Gasteiger charge is 2.58. The van der Waals surface area contributed by atoms with Crippen LogP contribution in [0.2, 0.25) is 0 Å². The molecule has 0 radical (unpaired) electrons. The van der Waals surface area contributed by atoms with Crippen molar-refractivity contribution in [2.24, 2.45) is 5.73 Å². The van der Waals surface area contributed by atoms with E-state index in [1.54, 1.807) is 48.6 Å². The second-order valence-corrected chi connectivity index (χ2v) is 14.4. The van der Waals surface area contributed by atoms with Gasteiger partial charge in [-0.25, -0.2) is 9.59 Å². The van der Waals surface area contributed by atoms with E-state index in [0.29, 0.717) is 11.0 Å². The summed E-state index contributed by atoms with van der Waals surface area (Å²) in [5.74, 6) is 0. The number of nitrogens with two attached hydrogens (primary N) is 1. The molecule has 7 N–H and O–H groups in total. The van der Waals surface area contributed by atoms with Crippen LogP contribution < -0.4 is 27.0 Å². The van der Waals surface area contributed by atoms with Crippen molar-refractivity contribution in [3.8, 4) is 0 Å². The molecule has 190 valence electrons. The van der Waals surface area contributed by atoms with Gasteiger partial charge < -0.3 is 21.5 Å². The zero-order valence-corrected chi connectivity index (χ0v) is 28.3. The Bertz CT molecular complexity index is 917. The first-order valence-electron chi connectivity index (χ1n) is 9.61. The molecule has 1 rings (SSSR count). The van der Waals surface area contributed by atoms with Crippen LogP contribution in [0.15, 0.2) is 24.3 Å². The minimum absolute atomic E-state index is 0.158. The number of carboxylic acid groups (broad SMARTS) is 1. The molecule has 3 atom stereocenters. The summed E-state index contributed by atoms with van der Waals surface area (Å²) < 4.78 is -2.55. The minimum atomic E-state index is -1.86. The molecule has 10 nitrogen and oxygen atoms in total. The van der Waals surface area contributed by atoms with Crippen molar-refractivity contribution in [1.82, 2.24) is 16.0 Å². The molecule has 0 saturated carbocycles. The lowest BCUT2D eigenvalue weighted by Gasteiger charge is -2.49. The number of carbonyl (C=O) groups excluding carboxylic acids is 3. The maximum atomic E-state index is 13.3. The molecule has 0 fully saturated rings. The Kier molecular flexibility index (Phi) is 13.0. The van der Waals surface area contributed by atoms with Gasteiger partial charge in [-0.1, -0.05) is 73.2 Å².